The highest BCUT2D eigenvalue weighted by Gasteiger charge is 2.11. The van der Waals surface area contributed by atoms with Gasteiger partial charge in [0.2, 0.25) is 0 Å². The van der Waals surface area contributed by atoms with Gasteiger partial charge in [-0.3, -0.25) is 4.79 Å². The van der Waals surface area contributed by atoms with Crippen molar-refractivity contribution in [2.45, 2.75) is 0 Å². The van der Waals surface area contributed by atoms with Crippen molar-refractivity contribution in [1.29, 1.82) is 0 Å². The van der Waals surface area contributed by atoms with Crippen LogP contribution in [0.5, 0.6) is 5.75 Å². The first-order chi connectivity index (χ1) is 10.2. The Kier molecular flexibility index (Phi) is 3.66. The van der Waals surface area contributed by atoms with Gasteiger partial charge in [0.05, 0.1) is 11.6 Å². The second-order valence-electron chi connectivity index (χ2n) is 4.55. The molecule has 1 aromatic heterocycles. The molecule has 4 nitrogen and oxygen atoms in total. The lowest BCUT2D eigenvalue weighted by Gasteiger charge is -2.09. The summed E-state index contributed by atoms with van der Waals surface area (Å²) in [5.41, 5.74) is 2.29. The number of carbonyl (C=O) groups is 1. The Labute approximate surface area is 130 Å². The number of carbonyl (C=O) groups excluding carboxylic acids is 1. The molecule has 0 spiro atoms. The molecule has 1 amide bonds. The van der Waals surface area contributed by atoms with Gasteiger partial charge in [-0.25, -0.2) is 0 Å². The molecule has 0 atom stereocenters. The summed E-state index contributed by atoms with van der Waals surface area (Å²) in [6.45, 7) is 0. The van der Waals surface area contributed by atoms with Gasteiger partial charge in [-0.15, -0.1) is 0 Å². The summed E-state index contributed by atoms with van der Waals surface area (Å²) in [5, 5.41) is 3.80. The van der Waals surface area contributed by atoms with E-state index >= 15 is 0 Å². The molecule has 0 aliphatic rings. The number of halogens is 1. The molecule has 3 rings (SSSR count). The van der Waals surface area contributed by atoms with E-state index in [-0.39, 0.29) is 5.91 Å². The van der Waals surface area contributed by atoms with Crippen LogP contribution in [0.4, 0.5) is 5.69 Å². The van der Waals surface area contributed by atoms with Crippen LogP contribution in [0.15, 0.2) is 53.1 Å². The van der Waals surface area contributed by atoms with Crippen molar-refractivity contribution in [2.75, 3.05) is 12.4 Å². The van der Waals surface area contributed by atoms with E-state index in [1.807, 2.05) is 36.5 Å². The van der Waals surface area contributed by atoms with Crippen LogP contribution in [0.1, 0.15) is 10.4 Å². The average molecular weight is 345 g/mol. The van der Waals surface area contributed by atoms with Crippen LogP contribution in [0.3, 0.4) is 0 Å². The number of methoxy groups -OCH3 is 1. The predicted octanol–water partition coefficient (Wildman–Crippen LogP) is 4.19. The molecule has 0 saturated heterocycles. The van der Waals surface area contributed by atoms with Crippen LogP contribution >= 0.6 is 15.9 Å². The van der Waals surface area contributed by atoms with Gasteiger partial charge in [0.15, 0.2) is 0 Å². The maximum absolute atomic E-state index is 12.4. The Bertz CT molecular complexity index is 811. The fraction of sp³-hybridized carbons (Fsp3) is 0.0625. The topological polar surface area (TPSA) is 54.1 Å². The molecule has 2 N–H and O–H groups in total. The third-order valence-corrected chi connectivity index (χ3v) is 3.87. The summed E-state index contributed by atoms with van der Waals surface area (Å²) >= 11 is 3.41. The molecule has 0 unspecified atom stereocenters. The minimum Gasteiger partial charge on any atom is -0.496 e. The number of nitrogens with one attached hydrogen (secondary N) is 2. The second kappa shape index (κ2) is 5.61. The summed E-state index contributed by atoms with van der Waals surface area (Å²) in [5.74, 6) is 0.581. The van der Waals surface area contributed by atoms with E-state index in [4.69, 9.17) is 4.74 Å². The lowest BCUT2D eigenvalue weighted by atomic mass is 10.1. The minimum atomic E-state index is -0.141. The first kappa shape index (κ1) is 13.7. The molecule has 2 aromatic carbocycles. The van der Waals surface area contributed by atoms with Gasteiger partial charge in [-0.2, -0.15) is 0 Å². The highest BCUT2D eigenvalue weighted by Crippen LogP contribution is 2.28. The number of aromatic amines is 1. The van der Waals surface area contributed by atoms with E-state index in [1.54, 1.807) is 19.2 Å². The number of hydrogen-bond acceptors (Lipinski definition) is 2. The molecule has 5 heteroatoms. The Balaban J connectivity index is 1.89. The Morgan fingerprint density at radius 2 is 2.10 bits per heavy atom. The molecule has 0 fully saturated rings. The van der Waals surface area contributed by atoms with Crippen LogP contribution in [-0.2, 0) is 0 Å². The molecule has 0 saturated carbocycles. The first-order valence-electron chi connectivity index (χ1n) is 6.40. The van der Waals surface area contributed by atoms with Crippen molar-refractivity contribution in [3.8, 4) is 5.75 Å². The highest BCUT2D eigenvalue weighted by atomic mass is 79.9. The van der Waals surface area contributed by atoms with Gasteiger partial charge in [0, 0.05) is 28.4 Å². The molecule has 106 valence electrons. The number of rotatable bonds is 3. The zero-order valence-corrected chi connectivity index (χ0v) is 12.9. The Morgan fingerprint density at radius 1 is 1.24 bits per heavy atom. The SMILES string of the molecule is COc1ccc(NC(=O)c2cccc3[nH]ccc23)cc1Br. The number of hydrogen-bond donors (Lipinski definition) is 2. The van der Waals surface area contributed by atoms with Gasteiger partial charge in [-0.05, 0) is 52.3 Å². The molecule has 3 aromatic rings. The van der Waals surface area contributed by atoms with E-state index in [2.05, 4.69) is 26.2 Å². The van der Waals surface area contributed by atoms with Crippen molar-refractivity contribution in [1.82, 2.24) is 4.98 Å². The largest absolute Gasteiger partial charge is 0.496 e. The monoisotopic (exact) mass is 344 g/mol. The first-order valence-corrected chi connectivity index (χ1v) is 7.19. The lowest BCUT2D eigenvalue weighted by molar-refractivity contribution is 0.102. The Morgan fingerprint density at radius 3 is 2.86 bits per heavy atom. The number of aromatic nitrogens is 1. The van der Waals surface area contributed by atoms with Gasteiger partial charge in [0.1, 0.15) is 5.75 Å². The average Bonchev–Trinajstić information content (AvgIpc) is 2.95. The van der Waals surface area contributed by atoms with Crippen LogP contribution < -0.4 is 10.1 Å². The molecule has 1 heterocycles. The number of ether oxygens (including phenoxy) is 1. The van der Waals surface area contributed by atoms with Crippen molar-refractivity contribution >= 4 is 38.4 Å². The smallest absolute Gasteiger partial charge is 0.256 e. The fourth-order valence-corrected chi connectivity index (χ4v) is 2.77. The molecular weight excluding hydrogens is 332 g/mol. The summed E-state index contributed by atoms with van der Waals surface area (Å²) < 4.78 is 5.97. The predicted molar refractivity (Wildman–Crippen MR) is 86.9 cm³/mol. The summed E-state index contributed by atoms with van der Waals surface area (Å²) in [6.07, 6.45) is 1.82. The third kappa shape index (κ3) is 2.64. The number of benzene rings is 2. The number of fused-ring (bicyclic) bond motifs is 1. The zero-order valence-electron chi connectivity index (χ0n) is 11.3. The maximum Gasteiger partial charge on any atom is 0.256 e. The van der Waals surface area contributed by atoms with Gasteiger partial charge in [0.25, 0.3) is 5.91 Å². The van der Waals surface area contributed by atoms with Crippen LogP contribution in [0, 0.1) is 0 Å². The molecule has 0 bridgehead atoms. The number of anilines is 1. The van der Waals surface area contributed by atoms with Crippen molar-refractivity contribution in [3.05, 3.63) is 58.7 Å². The lowest BCUT2D eigenvalue weighted by Crippen LogP contribution is -2.12. The maximum atomic E-state index is 12.4. The molecule has 0 aliphatic carbocycles. The fourth-order valence-electron chi connectivity index (χ4n) is 2.23. The van der Waals surface area contributed by atoms with Crippen LogP contribution in [0.25, 0.3) is 10.9 Å². The molecular formula is C16H13BrN2O2. The molecule has 21 heavy (non-hydrogen) atoms. The minimum absolute atomic E-state index is 0.141. The summed E-state index contributed by atoms with van der Waals surface area (Å²) in [6, 6.07) is 12.9. The standard InChI is InChI=1S/C16H13BrN2O2/c1-21-15-6-5-10(9-13(15)17)19-16(20)12-3-2-4-14-11(12)7-8-18-14/h2-9,18H,1H3,(H,19,20). The van der Waals surface area contributed by atoms with Crippen molar-refractivity contribution in [3.63, 3.8) is 0 Å². The zero-order chi connectivity index (χ0) is 14.8. The van der Waals surface area contributed by atoms with Gasteiger partial charge < -0.3 is 15.0 Å². The molecule has 0 aliphatic heterocycles. The van der Waals surface area contributed by atoms with Gasteiger partial charge in [-0.1, -0.05) is 6.07 Å². The highest BCUT2D eigenvalue weighted by molar-refractivity contribution is 9.10. The normalized spacial score (nSPS) is 10.6. The van der Waals surface area contributed by atoms with Crippen LogP contribution in [0.2, 0.25) is 0 Å². The molecule has 0 radical (unpaired) electrons. The van der Waals surface area contributed by atoms with E-state index in [9.17, 15) is 4.79 Å². The van der Waals surface area contributed by atoms with Crippen molar-refractivity contribution < 1.29 is 9.53 Å². The van der Waals surface area contributed by atoms with E-state index in [0.29, 0.717) is 11.3 Å². The van der Waals surface area contributed by atoms with E-state index < -0.39 is 0 Å². The third-order valence-electron chi connectivity index (χ3n) is 3.25. The second-order valence-corrected chi connectivity index (χ2v) is 5.40. The van der Waals surface area contributed by atoms with Crippen molar-refractivity contribution in [2.24, 2.45) is 0 Å². The number of H-pyrrole nitrogens is 1. The Hall–Kier alpha value is -2.27. The summed E-state index contributed by atoms with van der Waals surface area (Å²) in [4.78, 5) is 15.5. The van der Waals surface area contributed by atoms with E-state index in [1.165, 1.54) is 0 Å². The quantitative estimate of drug-likeness (QED) is 0.748. The number of amides is 1. The van der Waals surface area contributed by atoms with E-state index in [0.717, 1.165) is 21.1 Å². The van der Waals surface area contributed by atoms with Crippen LogP contribution in [-0.4, -0.2) is 18.0 Å². The summed E-state index contributed by atoms with van der Waals surface area (Å²) in [7, 11) is 1.60. The van der Waals surface area contributed by atoms with Gasteiger partial charge >= 0.3 is 0 Å².